The van der Waals surface area contributed by atoms with Crippen molar-refractivity contribution in [3.8, 4) is 0 Å². The third kappa shape index (κ3) is 4.91. The summed E-state index contributed by atoms with van der Waals surface area (Å²) < 4.78 is 0. The Hall–Kier alpha value is -1.68. The van der Waals surface area contributed by atoms with Crippen LogP contribution in [-0.2, 0) is 11.2 Å². The van der Waals surface area contributed by atoms with Crippen LogP contribution in [0.2, 0.25) is 0 Å². The zero-order valence-corrected chi connectivity index (χ0v) is 15.5. The summed E-state index contributed by atoms with van der Waals surface area (Å²) in [5.74, 6) is 0.801. The smallest absolute Gasteiger partial charge is 0.223 e. The van der Waals surface area contributed by atoms with Crippen LogP contribution in [0.4, 0.5) is 0 Å². The summed E-state index contributed by atoms with van der Waals surface area (Å²) in [6.45, 7) is 6.00. The van der Waals surface area contributed by atoms with Crippen molar-refractivity contribution in [2.24, 2.45) is 5.92 Å². The molecule has 0 radical (unpaired) electrons. The molecule has 3 rings (SSSR count). The van der Waals surface area contributed by atoms with Crippen molar-refractivity contribution >= 4 is 11.7 Å². The number of amides is 1. The van der Waals surface area contributed by atoms with E-state index in [9.17, 15) is 9.59 Å². The van der Waals surface area contributed by atoms with Crippen molar-refractivity contribution < 1.29 is 9.59 Å². The Bertz CT molecular complexity index is 609. The predicted octanol–water partition coefficient (Wildman–Crippen LogP) is 3.20. The highest BCUT2D eigenvalue weighted by Crippen LogP contribution is 2.21. The number of nitrogens with one attached hydrogen (secondary N) is 1. The van der Waals surface area contributed by atoms with Gasteiger partial charge in [-0.25, -0.2) is 0 Å². The summed E-state index contributed by atoms with van der Waals surface area (Å²) in [4.78, 5) is 26.8. The fraction of sp³-hybridized carbons (Fsp3) is 0.619. The average Bonchev–Trinajstić information content (AvgIpc) is 2.91. The van der Waals surface area contributed by atoms with E-state index in [0.717, 1.165) is 37.9 Å². The maximum Gasteiger partial charge on any atom is 0.223 e. The number of Topliss-reactive ketones (excluding diaryl/α,β-unsaturated/α-hetero) is 1. The van der Waals surface area contributed by atoms with Crippen molar-refractivity contribution in [2.75, 3.05) is 13.1 Å². The molecule has 2 saturated heterocycles. The van der Waals surface area contributed by atoms with Gasteiger partial charge < -0.3 is 10.2 Å². The standard InChI is InChI=1S/C21H30N2O2/c1-15(2)13-16-3-5-17(6-4-16)20(24)9-10-21(25)23-12-11-18-7-8-19(14-23)22-18/h3-6,15,18-19,22H,7-14H2,1-2H3. The van der Waals surface area contributed by atoms with Gasteiger partial charge in [-0.05, 0) is 37.2 Å². The van der Waals surface area contributed by atoms with Gasteiger partial charge in [0.15, 0.2) is 5.78 Å². The summed E-state index contributed by atoms with van der Waals surface area (Å²) in [5.41, 5.74) is 1.98. The summed E-state index contributed by atoms with van der Waals surface area (Å²) in [6, 6.07) is 8.89. The molecule has 2 heterocycles. The number of likely N-dealkylation sites (tertiary alicyclic amines) is 1. The van der Waals surface area contributed by atoms with E-state index in [4.69, 9.17) is 0 Å². The van der Waals surface area contributed by atoms with E-state index in [-0.39, 0.29) is 11.7 Å². The highest BCUT2D eigenvalue weighted by atomic mass is 16.2. The van der Waals surface area contributed by atoms with Crippen LogP contribution in [0.3, 0.4) is 0 Å². The molecule has 4 heteroatoms. The lowest BCUT2D eigenvalue weighted by Crippen LogP contribution is -2.39. The zero-order valence-electron chi connectivity index (χ0n) is 15.5. The molecule has 0 saturated carbocycles. The molecule has 4 nitrogen and oxygen atoms in total. The molecule has 2 unspecified atom stereocenters. The molecule has 136 valence electrons. The average molecular weight is 342 g/mol. The second-order valence-corrected chi connectivity index (χ2v) is 7.98. The van der Waals surface area contributed by atoms with Crippen molar-refractivity contribution in [1.29, 1.82) is 0 Å². The lowest BCUT2D eigenvalue weighted by molar-refractivity contribution is -0.131. The van der Waals surface area contributed by atoms with E-state index in [2.05, 4.69) is 19.2 Å². The van der Waals surface area contributed by atoms with Crippen LogP contribution >= 0.6 is 0 Å². The fourth-order valence-electron chi connectivity index (χ4n) is 3.99. The summed E-state index contributed by atoms with van der Waals surface area (Å²) >= 11 is 0. The van der Waals surface area contributed by atoms with Gasteiger partial charge in [0.25, 0.3) is 0 Å². The Labute approximate surface area is 151 Å². The van der Waals surface area contributed by atoms with Crippen LogP contribution in [0.1, 0.15) is 61.9 Å². The SMILES string of the molecule is CC(C)Cc1ccc(C(=O)CCC(=O)N2CCC3CCC(C2)N3)cc1. The van der Waals surface area contributed by atoms with Crippen molar-refractivity contribution in [3.63, 3.8) is 0 Å². The molecular weight excluding hydrogens is 312 g/mol. The second kappa shape index (κ2) is 8.13. The van der Waals surface area contributed by atoms with E-state index in [1.54, 1.807) is 0 Å². The minimum Gasteiger partial charge on any atom is -0.341 e. The number of rotatable bonds is 6. The number of carbonyl (C=O) groups is 2. The van der Waals surface area contributed by atoms with Crippen molar-refractivity contribution in [1.82, 2.24) is 10.2 Å². The Morgan fingerprint density at radius 3 is 2.52 bits per heavy atom. The second-order valence-electron chi connectivity index (χ2n) is 7.98. The zero-order chi connectivity index (χ0) is 17.8. The van der Waals surface area contributed by atoms with E-state index >= 15 is 0 Å². The molecule has 2 fully saturated rings. The number of nitrogens with zero attached hydrogens (tertiary/aromatic N) is 1. The van der Waals surface area contributed by atoms with E-state index in [1.165, 1.54) is 12.0 Å². The first-order valence-corrected chi connectivity index (χ1v) is 9.67. The molecule has 2 bridgehead atoms. The fourth-order valence-corrected chi connectivity index (χ4v) is 3.99. The molecule has 1 aromatic rings. The number of hydrogen-bond donors (Lipinski definition) is 1. The van der Waals surface area contributed by atoms with Gasteiger partial charge in [0, 0.05) is 43.6 Å². The summed E-state index contributed by atoms with van der Waals surface area (Å²) in [5, 5.41) is 3.59. The third-order valence-electron chi connectivity index (χ3n) is 5.36. The largest absolute Gasteiger partial charge is 0.341 e. The molecule has 2 atom stereocenters. The van der Waals surface area contributed by atoms with Crippen molar-refractivity contribution in [2.45, 2.75) is 64.5 Å². The summed E-state index contributed by atoms with van der Waals surface area (Å²) in [6.07, 6.45) is 5.09. The maximum atomic E-state index is 12.5. The van der Waals surface area contributed by atoms with Crippen LogP contribution in [0, 0.1) is 5.92 Å². The Morgan fingerprint density at radius 1 is 1.08 bits per heavy atom. The van der Waals surface area contributed by atoms with Gasteiger partial charge in [0.05, 0.1) is 0 Å². The Morgan fingerprint density at radius 2 is 1.80 bits per heavy atom. The highest BCUT2D eigenvalue weighted by molar-refractivity contribution is 5.98. The first kappa shape index (κ1) is 18.1. The third-order valence-corrected chi connectivity index (χ3v) is 5.36. The first-order chi connectivity index (χ1) is 12.0. The normalized spacial score (nSPS) is 22.9. The maximum absolute atomic E-state index is 12.5. The van der Waals surface area contributed by atoms with Crippen LogP contribution < -0.4 is 5.32 Å². The van der Waals surface area contributed by atoms with Gasteiger partial charge in [0.2, 0.25) is 5.91 Å². The minimum absolute atomic E-state index is 0.0684. The molecule has 0 aromatic heterocycles. The number of benzene rings is 1. The molecule has 25 heavy (non-hydrogen) atoms. The molecule has 0 aliphatic carbocycles. The Kier molecular flexibility index (Phi) is 5.89. The molecule has 2 aliphatic rings. The first-order valence-electron chi connectivity index (χ1n) is 9.67. The van der Waals surface area contributed by atoms with Crippen LogP contribution in [-0.4, -0.2) is 41.8 Å². The van der Waals surface area contributed by atoms with E-state index in [1.807, 2.05) is 29.2 Å². The Balaban J connectivity index is 1.49. The van der Waals surface area contributed by atoms with Crippen molar-refractivity contribution in [3.05, 3.63) is 35.4 Å². The lowest BCUT2D eigenvalue weighted by atomic mass is 9.99. The van der Waals surface area contributed by atoms with Gasteiger partial charge in [-0.2, -0.15) is 0 Å². The number of hydrogen-bond acceptors (Lipinski definition) is 3. The summed E-state index contributed by atoms with van der Waals surface area (Å²) in [7, 11) is 0. The predicted molar refractivity (Wildman–Crippen MR) is 99.7 cm³/mol. The van der Waals surface area contributed by atoms with Gasteiger partial charge in [-0.15, -0.1) is 0 Å². The molecule has 1 aromatic carbocycles. The molecule has 2 aliphatic heterocycles. The monoisotopic (exact) mass is 342 g/mol. The van der Waals surface area contributed by atoms with Gasteiger partial charge in [0.1, 0.15) is 0 Å². The van der Waals surface area contributed by atoms with E-state index in [0.29, 0.717) is 30.8 Å². The highest BCUT2D eigenvalue weighted by Gasteiger charge is 2.31. The molecule has 1 amide bonds. The topological polar surface area (TPSA) is 49.4 Å². The number of fused-ring (bicyclic) bond motifs is 2. The lowest BCUT2D eigenvalue weighted by Gasteiger charge is -2.24. The molecule has 0 spiro atoms. The van der Waals surface area contributed by atoms with Crippen LogP contribution in [0.5, 0.6) is 0 Å². The molecular formula is C21H30N2O2. The van der Waals surface area contributed by atoms with Gasteiger partial charge >= 0.3 is 0 Å². The minimum atomic E-state index is 0.0684. The molecule has 1 N–H and O–H groups in total. The van der Waals surface area contributed by atoms with Gasteiger partial charge in [-0.1, -0.05) is 38.1 Å². The van der Waals surface area contributed by atoms with E-state index < -0.39 is 0 Å². The number of carbonyl (C=O) groups excluding carboxylic acids is 2. The van der Waals surface area contributed by atoms with Gasteiger partial charge in [-0.3, -0.25) is 9.59 Å². The van der Waals surface area contributed by atoms with Crippen LogP contribution in [0.15, 0.2) is 24.3 Å². The number of ketones is 1. The quantitative estimate of drug-likeness (QED) is 0.808. The van der Waals surface area contributed by atoms with Crippen LogP contribution in [0.25, 0.3) is 0 Å².